The van der Waals surface area contributed by atoms with Gasteiger partial charge in [-0.15, -0.1) is 0 Å². The van der Waals surface area contributed by atoms with Crippen LogP contribution >= 0.6 is 11.8 Å². The Morgan fingerprint density at radius 1 is 1.42 bits per heavy atom. The molecule has 102 valence electrons. The average Bonchev–Trinajstić information content (AvgIpc) is 2.43. The first kappa shape index (κ1) is 15.4. The minimum Gasteiger partial charge on any atom is -0.337 e. The molecule has 0 heterocycles. The molecule has 1 rings (SSSR count). The minimum absolute atomic E-state index is 0.0259. The molecule has 0 radical (unpaired) electrons. The van der Waals surface area contributed by atoms with E-state index in [4.69, 9.17) is 5.26 Å². The average molecular weight is 277 g/mol. The number of hydrogen-bond donors (Lipinski definition) is 2. The summed E-state index contributed by atoms with van der Waals surface area (Å²) in [7, 11) is 0. The Balaban J connectivity index is 2.40. The Bertz CT molecular complexity index is 480. The summed E-state index contributed by atoms with van der Waals surface area (Å²) in [6.07, 6.45) is 2.02. The predicted octanol–water partition coefficient (Wildman–Crippen LogP) is 2.50. The second kappa shape index (κ2) is 7.05. The monoisotopic (exact) mass is 277 g/mol. The number of nitriles is 1. The van der Waals surface area contributed by atoms with Crippen LogP contribution in [0.3, 0.4) is 0 Å². The molecule has 0 aliphatic carbocycles. The molecule has 0 saturated heterocycles. The van der Waals surface area contributed by atoms with Crippen LogP contribution in [0.1, 0.15) is 25.0 Å². The van der Waals surface area contributed by atoms with Gasteiger partial charge >= 0.3 is 6.03 Å². The summed E-state index contributed by atoms with van der Waals surface area (Å²) in [5.74, 6) is 0. The molecular weight excluding hydrogens is 258 g/mol. The summed E-state index contributed by atoms with van der Waals surface area (Å²) in [5.41, 5.74) is 1.52. The SMILES string of the molecule is CSC(C)(C)CNC(=O)NCc1cccc(C#N)c1. The molecule has 0 aromatic heterocycles. The Hall–Kier alpha value is -1.67. The number of urea groups is 1. The van der Waals surface area contributed by atoms with Gasteiger partial charge in [-0.3, -0.25) is 0 Å². The van der Waals surface area contributed by atoms with Gasteiger partial charge in [0.1, 0.15) is 0 Å². The standard InChI is InChI=1S/C14H19N3OS/c1-14(2,19-3)10-17-13(18)16-9-12-6-4-5-11(7-12)8-15/h4-7H,9-10H2,1-3H3,(H2,16,17,18). The summed E-state index contributed by atoms with van der Waals surface area (Å²) in [6, 6.07) is 9.09. The number of hydrogen-bond acceptors (Lipinski definition) is 3. The zero-order valence-corrected chi connectivity index (χ0v) is 12.3. The third kappa shape index (κ3) is 5.66. The zero-order valence-electron chi connectivity index (χ0n) is 11.5. The lowest BCUT2D eigenvalue weighted by Gasteiger charge is -2.22. The summed E-state index contributed by atoms with van der Waals surface area (Å²) in [4.78, 5) is 11.6. The van der Waals surface area contributed by atoms with Crippen molar-refractivity contribution >= 4 is 17.8 Å². The summed E-state index contributed by atoms with van der Waals surface area (Å²) in [6.45, 7) is 5.18. The Labute approximate surface area is 118 Å². The number of nitrogens with zero attached hydrogens (tertiary/aromatic N) is 1. The molecule has 1 aromatic carbocycles. The minimum atomic E-state index is -0.190. The van der Waals surface area contributed by atoms with E-state index in [0.29, 0.717) is 18.7 Å². The van der Waals surface area contributed by atoms with Crippen LogP contribution in [0.2, 0.25) is 0 Å². The highest BCUT2D eigenvalue weighted by Crippen LogP contribution is 2.19. The fourth-order valence-electron chi connectivity index (χ4n) is 1.36. The van der Waals surface area contributed by atoms with Crippen molar-refractivity contribution in [1.82, 2.24) is 10.6 Å². The number of thioether (sulfide) groups is 1. The van der Waals surface area contributed by atoms with Crippen molar-refractivity contribution in [2.24, 2.45) is 0 Å². The van der Waals surface area contributed by atoms with Crippen LogP contribution in [0.5, 0.6) is 0 Å². The third-order valence-electron chi connectivity index (χ3n) is 2.74. The molecule has 5 heteroatoms. The molecule has 0 saturated carbocycles. The summed E-state index contributed by atoms with van der Waals surface area (Å²) in [5, 5.41) is 14.4. The number of benzene rings is 1. The number of carbonyl (C=O) groups excluding carboxylic acids is 1. The van der Waals surface area contributed by atoms with Crippen molar-refractivity contribution < 1.29 is 4.79 Å². The van der Waals surface area contributed by atoms with Gasteiger partial charge in [0.15, 0.2) is 0 Å². The van der Waals surface area contributed by atoms with E-state index in [-0.39, 0.29) is 10.8 Å². The zero-order chi connectivity index (χ0) is 14.3. The molecule has 0 spiro atoms. The lowest BCUT2D eigenvalue weighted by atomic mass is 10.1. The fourth-order valence-corrected chi connectivity index (χ4v) is 1.58. The van der Waals surface area contributed by atoms with Crippen molar-refractivity contribution in [1.29, 1.82) is 5.26 Å². The largest absolute Gasteiger partial charge is 0.337 e. The van der Waals surface area contributed by atoms with E-state index in [2.05, 4.69) is 30.6 Å². The molecule has 0 aliphatic heterocycles. The molecule has 0 bridgehead atoms. The van der Waals surface area contributed by atoms with Crippen molar-refractivity contribution in [3.05, 3.63) is 35.4 Å². The van der Waals surface area contributed by atoms with Gasteiger partial charge in [-0.1, -0.05) is 12.1 Å². The first-order valence-corrected chi connectivity index (χ1v) is 7.25. The molecule has 2 N–H and O–H groups in total. The predicted molar refractivity (Wildman–Crippen MR) is 79.0 cm³/mol. The first-order chi connectivity index (χ1) is 8.96. The molecule has 0 aliphatic rings. The van der Waals surface area contributed by atoms with Crippen molar-refractivity contribution in [2.45, 2.75) is 25.1 Å². The maximum absolute atomic E-state index is 11.6. The van der Waals surface area contributed by atoms with Gasteiger partial charge in [-0.2, -0.15) is 17.0 Å². The van der Waals surface area contributed by atoms with Gasteiger partial charge in [0, 0.05) is 17.8 Å². The van der Waals surface area contributed by atoms with Gasteiger partial charge in [-0.05, 0) is 37.8 Å². The molecular formula is C14H19N3OS. The quantitative estimate of drug-likeness (QED) is 0.869. The highest BCUT2D eigenvalue weighted by atomic mass is 32.2. The van der Waals surface area contributed by atoms with E-state index >= 15 is 0 Å². The van der Waals surface area contributed by atoms with Crippen molar-refractivity contribution in [2.75, 3.05) is 12.8 Å². The number of nitrogens with one attached hydrogen (secondary N) is 2. The molecule has 0 unspecified atom stereocenters. The molecule has 0 fully saturated rings. The van der Waals surface area contributed by atoms with E-state index in [1.54, 1.807) is 23.9 Å². The molecule has 1 aromatic rings. The Morgan fingerprint density at radius 3 is 2.79 bits per heavy atom. The normalized spacial score (nSPS) is 10.6. The van der Waals surface area contributed by atoms with Crippen LogP contribution in [0.4, 0.5) is 4.79 Å². The van der Waals surface area contributed by atoms with Gasteiger partial charge in [0.2, 0.25) is 0 Å². The molecule has 2 amide bonds. The van der Waals surface area contributed by atoms with E-state index in [1.807, 2.05) is 18.4 Å². The molecule has 4 nitrogen and oxygen atoms in total. The molecule has 19 heavy (non-hydrogen) atoms. The third-order valence-corrected chi connectivity index (χ3v) is 3.99. The van der Waals surface area contributed by atoms with Crippen molar-refractivity contribution in [3.63, 3.8) is 0 Å². The smallest absolute Gasteiger partial charge is 0.315 e. The van der Waals surface area contributed by atoms with Crippen LogP contribution < -0.4 is 10.6 Å². The van der Waals surface area contributed by atoms with Crippen molar-refractivity contribution in [3.8, 4) is 6.07 Å². The van der Waals surface area contributed by atoms with E-state index in [0.717, 1.165) is 5.56 Å². The highest BCUT2D eigenvalue weighted by molar-refractivity contribution is 7.99. The van der Waals surface area contributed by atoms with Gasteiger partial charge in [-0.25, -0.2) is 4.79 Å². The lowest BCUT2D eigenvalue weighted by molar-refractivity contribution is 0.239. The molecule has 0 atom stereocenters. The van der Waals surface area contributed by atoms with Crippen LogP contribution in [0.15, 0.2) is 24.3 Å². The maximum Gasteiger partial charge on any atom is 0.315 e. The Morgan fingerprint density at radius 2 is 2.16 bits per heavy atom. The van der Waals surface area contributed by atoms with Gasteiger partial charge in [0.25, 0.3) is 0 Å². The van der Waals surface area contributed by atoms with E-state index < -0.39 is 0 Å². The van der Waals surface area contributed by atoms with Crippen LogP contribution in [-0.2, 0) is 6.54 Å². The second-order valence-electron chi connectivity index (χ2n) is 4.81. The van der Waals surface area contributed by atoms with Crippen LogP contribution in [0, 0.1) is 11.3 Å². The fraction of sp³-hybridized carbons (Fsp3) is 0.429. The number of carbonyl (C=O) groups is 1. The highest BCUT2D eigenvalue weighted by Gasteiger charge is 2.16. The van der Waals surface area contributed by atoms with Gasteiger partial charge < -0.3 is 10.6 Å². The number of rotatable bonds is 5. The Kier molecular flexibility index (Phi) is 5.71. The summed E-state index contributed by atoms with van der Waals surface area (Å²) >= 11 is 1.71. The van der Waals surface area contributed by atoms with E-state index in [1.165, 1.54) is 0 Å². The second-order valence-corrected chi connectivity index (χ2v) is 6.33. The maximum atomic E-state index is 11.6. The van der Waals surface area contributed by atoms with Crippen LogP contribution in [0.25, 0.3) is 0 Å². The topological polar surface area (TPSA) is 64.9 Å². The van der Waals surface area contributed by atoms with E-state index in [9.17, 15) is 4.79 Å². The lowest BCUT2D eigenvalue weighted by Crippen LogP contribution is -2.41. The van der Waals surface area contributed by atoms with Gasteiger partial charge in [0.05, 0.1) is 11.6 Å². The number of amides is 2. The summed E-state index contributed by atoms with van der Waals surface area (Å²) < 4.78 is 0.0259. The van der Waals surface area contributed by atoms with Crippen LogP contribution in [-0.4, -0.2) is 23.6 Å². The first-order valence-electron chi connectivity index (χ1n) is 6.03.